The van der Waals surface area contributed by atoms with Crippen molar-refractivity contribution in [3.05, 3.63) is 29.3 Å². The molecule has 2 aliphatic heterocycles. The first kappa shape index (κ1) is 15.8. The molecule has 0 radical (unpaired) electrons. The second kappa shape index (κ2) is 6.58. The number of amides is 1. The van der Waals surface area contributed by atoms with Crippen LogP contribution in [0.15, 0.2) is 18.2 Å². The lowest BCUT2D eigenvalue weighted by molar-refractivity contribution is -0.130. The van der Waals surface area contributed by atoms with E-state index in [2.05, 4.69) is 4.90 Å². The van der Waals surface area contributed by atoms with Crippen LogP contribution in [-0.2, 0) is 11.3 Å². The molecule has 1 aromatic carbocycles. The first-order valence-corrected chi connectivity index (χ1v) is 8.11. The Morgan fingerprint density at radius 1 is 1.22 bits per heavy atom. The van der Waals surface area contributed by atoms with Crippen molar-refractivity contribution in [1.29, 1.82) is 0 Å². The first-order valence-electron chi connectivity index (χ1n) is 8.11. The molecule has 3 rings (SSSR count). The average molecular weight is 318 g/mol. The summed E-state index contributed by atoms with van der Waals surface area (Å²) < 4.78 is 0. The second-order valence-electron chi connectivity index (χ2n) is 6.35. The summed E-state index contributed by atoms with van der Waals surface area (Å²) in [5.74, 6) is -1.03. The van der Waals surface area contributed by atoms with Crippen molar-refractivity contribution < 1.29 is 19.8 Å². The van der Waals surface area contributed by atoms with Gasteiger partial charge in [-0.1, -0.05) is 6.07 Å². The van der Waals surface area contributed by atoms with Gasteiger partial charge in [0, 0.05) is 38.6 Å². The van der Waals surface area contributed by atoms with E-state index in [9.17, 15) is 14.7 Å². The summed E-state index contributed by atoms with van der Waals surface area (Å²) in [6, 6.07) is 5.09. The Balaban J connectivity index is 1.57. The second-order valence-corrected chi connectivity index (χ2v) is 6.35. The fourth-order valence-electron chi connectivity index (χ4n) is 3.56. The fraction of sp³-hybridized carbons (Fsp3) is 0.529. The number of likely N-dealkylation sites (tertiary alicyclic amines) is 2. The Labute approximate surface area is 135 Å². The lowest BCUT2D eigenvalue weighted by atomic mass is 10.0. The molecule has 2 saturated heterocycles. The molecule has 2 heterocycles. The molecule has 6 nitrogen and oxygen atoms in total. The summed E-state index contributed by atoms with van der Waals surface area (Å²) in [6.07, 6.45) is 3.60. The third-order valence-electron chi connectivity index (χ3n) is 4.81. The Kier molecular flexibility index (Phi) is 4.52. The number of phenols is 1. The van der Waals surface area contributed by atoms with Crippen LogP contribution in [0.1, 0.15) is 41.6 Å². The molecule has 2 aliphatic rings. The van der Waals surface area contributed by atoms with Gasteiger partial charge < -0.3 is 15.1 Å². The average Bonchev–Trinajstić information content (AvgIpc) is 2.96. The van der Waals surface area contributed by atoms with Crippen LogP contribution < -0.4 is 0 Å². The molecule has 2 fully saturated rings. The highest BCUT2D eigenvalue weighted by molar-refractivity contribution is 5.90. The van der Waals surface area contributed by atoms with Crippen molar-refractivity contribution in [1.82, 2.24) is 9.80 Å². The number of piperidine rings is 1. The topological polar surface area (TPSA) is 81.1 Å². The molecule has 0 unspecified atom stereocenters. The maximum atomic E-state index is 11.8. The molecule has 0 atom stereocenters. The van der Waals surface area contributed by atoms with Gasteiger partial charge in [-0.15, -0.1) is 0 Å². The molecule has 2 N–H and O–H groups in total. The van der Waals surface area contributed by atoms with E-state index in [4.69, 9.17) is 5.11 Å². The van der Waals surface area contributed by atoms with Crippen molar-refractivity contribution >= 4 is 11.9 Å². The van der Waals surface area contributed by atoms with Gasteiger partial charge in [-0.05, 0) is 37.0 Å². The van der Waals surface area contributed by atoms with Crippen molar-refractivity contribution in [2.45, 2.75) is 38.3 Å². The third kappa shape index (κ3) is 3.47. The van der Waals surface area contributed by atoms with E-state index in [1.165, 1.54) is 12.1 Å². The highest BCUT2D eigenvalue weighted by atomic mass is 16.4. The summed E-state index contributed by atoms with van der Waals surface area (Å²) >= 11 is 0. The van der Waals surface area contributed by atoms with Crippen LogP contribution in [-0.4, -0.2) is 57.6 Å². The number of carbonyl (C=O) groups excluding carboxylic acids is 1. The SMILES string of the molecule is O=C(O)c1cc(CN2CCC(N3CCCC3=O)CC2)ccc1O. The number of carboxylic acids is 1. The molecule has 0 bridgehead atoms. The number of carbonyl (C=O) groups is 2. The minimum Gasteiger partial charge on any atom is -0.507 e. The van der Waals surface area contributed by atoms with Crippen LogP contribution in [0.3, 0.4) is 0 Å². The maximum absolute atomic E-state index is 11.8. The van der Waals surface area contributed by atoms with E-state index in [-0.39, 0.29) is 17.2 Å². The Bertz CT molecular complexity index is 609. The summed E-state index contributed by atoms with van der Waals surface area (Å²) in [6.45, 7) is 3.36. The highest BCUT2D eigenvalue weighted by Gasteiger charge is 2.30. The largest absolute Gasteiger partial charge is 0.507 e. The van der Waals surface area contributed by atoms with Gasteiger partial charge in [0.25, 0.3) is 0 Å². The number of rotatable bonds is 4. The van der Waals surface area contributed by atoms with Crippen molar-refractivity contribution in [3.8, 4) is 5.75 Å². The summed E-state index contributed by atoms with van der Waals surface area (Å²) in [5.41, 5.74) is 0.830. The molecular weight excluding hydrogens is 296 g/mol. The minimum atomic E-state index is -1.12. The Hall–Kier alpha value is -2.08. The molecule has 124 valence electrons. The molecular formula is C17H22N2O4. The maximum Gasteiger partial charge on any atom is 0.339 e. The zero-order valence-electron chi connectivity index (χ0n) is 13.1. The van der Waals surface area contributed by atoms with Gasteiger partial charge in [0.05, 0.1) is 0 Å². The number of hydrogen-bond donors (Lipinski definition) is 2. The van der Waals surface area contributed by atoms with Gasteiger partial charge in [-0.2, -0.15) is 0 Å². The third-order valence-corrected chi connectivity index (χ3v) is 4.81. The van der Waals surface area contributed by atoms with Gasteiger partial charge >= 0.3 is 5.97 Å². The van der Waals surface area contributed by atoms with Gasteiger partial charge in [0.1, 0.15) is 11.3 Å². The van der Waals surface area contributed by atoms with Crippen LogP contribution in [0.2, 0.25) is 0 Å². The number of carboxylic acid groups (broad SMARTS) is 1. The molecule has 6 heteroatoms. The predicted octanol–water partition coefficient (Wildman–Crippen LogP) is 1.68. The normalized spacial score (nSPS) is 20.2. The molecule has 0 aromatic heterocycles. The number of nitrogens with zero attached hydrogens (tertiary/aromatic N) is 2. The van der Waals surface area contributed by atoms with E-state index < -0.39 is 5.97 Å². The number of benzene rings is 1. The molecule has 1 aromatic rings. The molecule has 23 heavy (non-hydrogen) atoms. The van der Waals surface area contributed by atoms with E-state index in [0.29, 0.717) is 19.0 Å². The van der Waals surface area contributed by atoms with Crippen LogP contribution in [0.25, 0.3) is 0 Å². The first-order chi connectivity index (χ1) is 11.0. The van der Waals surface area contributed by atoms with E-state index in [1.807, 2.05) is 4.90 Å². The van der Waals surface area contributed by atoms with Crippen molar-refractivity contribution in [3.63, 3.8) is 0 Å². The Morgan fingerprint density at radius 2 is 1.96 bits per heavy atom. The minimum absolute atomic E-state index is 0.0555. The monoisotopic (exact) mass is 318 g/mol. The molecule has 1 amide bonds. The van der Waals surface area contributed by atoms with Gasteiger partial charge in [0.15, 0.2) is 0 Å². The van der Waals surface area contributed by atoms with E-state index in [1.54, 1.807) is 6.07 Å². The molecule has 0 saturated carbocycles. The fourth-order valence-corrected chi connectivity index (χ4v) is 3.56. The number of aromatic hydroxyl groups is 1. The van der Waals surface area contributed by atoms with E-state index >= 15 is 0 Å². The zero-order chi connectivity index (χ0) is 16.4. The van der Waals surface area contributed by atoms with Crippen LogP contribution in [0.5, 0.6) is 5.75 Å². The molecule has 0 aliphatic carbocycles. The van der Waals surface area contributed by atoms with Gasteiger partial charge in [-0.3, -0.25) is 9.69 Å². The van der Waals surface area contributed by atoms with Gasteiger partial charge in [0.2, 0.25) is 5.91 Å². The van der Waals surface area contributed by atoms with Crippen molar-refractivity contribution in [2.75, 3.05) is 19.6 Å². The lowest BCUT2D eigenvalue weighted by Gasteiger charge is -2.36. The number of hydrogen-bond acceptors (Lipinski definition) is 4. The standard InChI is InChI=1S/C17H22N2O4/c20-15-4-3-12(10-14(15)17(22)23)11-18-8-5-13(6-9-18)19-7-1-2-16(19)21/h3-4,10,13,20H,1-2,5-9,11H2,(H,22,23). The summed E-state index contributed by atoms with van der Waals surface area (Å²) in [5, 5.41) is 18.6. The summed E-state index contributed by atoms with van der Waals surface area (Å²) in [4.78, 5) is 27.2. The number of aromatic carboxylic acids is 1. The van der Waals surface area contributed by atoms with Gasteiger partial charge in [-0.25, -0.2) is 4.79 Å². The highest BCUT2D eigenvalue weighted by Crippen LogP contribution is 2.24. The van der Waals surface area contributed by atoms with E-state index in [0.717, 1.165) is 44.5 Å². The molecule has 0 spiro atoms. The quantitative estimate of drug-likeness (QED) is 0.883. The smallest absolute Gasteiger partial charge is 0.339 e. The summed E-state index contributed by atoms with van der Waals surface area (Å²) in [7, 11) is 0. The van der Waals surface area contributed by atoms with Crippen LogP contribution in [0.4, 0.5) is 0 Å². The zero-order valence-corrected chi connectivity index (χ0v) is 13.1. The van der Waals surface area contributed by atoms with Crippen LogP contribution in [0, 0.1) is 0 Å². The van der Waals surface area contributed by atoms with Crippen molar-refractivity contribution in [2.24, 2.45) is 0 Å². The lowest BCUT2D eigenvalue weighted by Crippen LogP contribution is -2.45. The Morgan fingerprint density at radius 3 is 2.57 bits per heavy atom. The van der Waals surface area contributed by atoms with Crippen LogP contribution >= 0.6 is 0 Å². The predicted molar refractivity (Wildman–Crippen MR) is 84.3 cm³/mol.